The van der Waals surface area contributed by atoms with Crippen LogP contribution in [0.4, 0.5) is 0 Å². The van der Waals surface area contributed by atoms with E-state index in [1.165, 1.54) is 28.7 Å². The summed E-state index contributed by atoms with van der Waals surface area (Å²) in [7, 11) is 1.71. The van der Waals surface area contributed by atoms with Gasteiger partial charge in [0, 0.05) is 0 Å². The Morgan fingerprint density at radius 3 is 2.10 bits per heavy atom. The van der Waals surface area contributed by atoms with E-state index in [1.54, 1.807) is 7.11 Å². The molecule has 2 rings (SSSR count). The third-order valence-electron chi connectivity index (χ3n) is 3.84. The molecule has 2 aromatic carbocycles. The molecule has 0 bridgehead atoms. The van der Waals surface area contributed by atoms with Crippen LogP contribution < -0.4 is 4.74 Å². The second-order valence-electron chi connectivity index (χ2n) is 5.71. The van der Waals surface area contributed by atoms with Crippen molar-refractivity contribution >= 4 is 0 Å². The molecule has 1 nitrogen and oxygen atoms in total. The second-order valence-corrected chi connectivity index (χ2v) is 5.71. The SMILES string of the molecule is COc1ccc(CC[C@H](C)c2cc(C)cc(C)c2)cc1. The van der Waals surface area contributed by atoms with Crippen LogP contribution in [0, 0.1) is 13.8 Å². The highest BCUT2D eigenvalue weighted by Crippen LogP contribution is 2.24. The van der Waals surface area contributed by atoms with Crippen LogP contribution in [-0.4, -0.2) is 7.11 Å². The smallest absolute Gasteiger partial charge is 0.118 e. The van der Waals surface area contributed by atoms with E-state index in [2.05, 4.69) is 51.1 Å². The molecule has 0 fully saturated rings. The number of hydrogen-bond donors (Lipinski definition) is 0. The number of aryl methyl sites for hydroxylation is 3. The maximum Gasteiger partial charge on any atom is 0.118 e. The monoisotopic (exact) mass is 268 g/mol. The summed E-state index contributed by atoms with van der Waals surface area (Å²) in [5.74, 6) is 1.52. The fourth-order valence-corrected chi connectivity index (χ4v) is 2.64. The number of methoxy groups -OCH3 is 1. The molecule has 0 aliphatic heterocycles. The summed E-state index contributed by atoms with van der Waals surface area (Å²) < 4.78 is 5.19. The van der Waals surface area contributed by atoms with Gasteiger partial charge in [0.15, 0.2) is 0 Å². The minimum absolute atomic E-state index is 0.593. The molecule has 0 heterocycles. The molecule has 0 aliphatic carbocycles. The third-order valence-corrected chi connectivity index (χ3v) is 3.84. The van der Waals surface area contributed by atoms with Gasteiger partial charge in [-0.1, -0.05) is 48.4 Å². The first-order chi connectivity index (χ1) is 9.58. The van der Waals surface area contributed by atoms with Crippen molar-refractivity contribution in [3.63, 3.8) is 0 Å². The van der Waals surface area contributed by atoms with Crippen molar-refractivity contribution in [3.05, 3.63) is 64.7 Å². The Bertz CT molecular complexity index is 534. The first kappa shape index (κ1) is 14.6. The number of benzene rings is 2. The first-order valence-corrected chi connectivity index (χ1v) is 7.29. The summed E-state index contributed by atoms with van der Waals surface area (Å²) in [6.07, 6.45) is 2.29. The maximum absolute atomic E-state index is 5.19. The predicted molar refractivity (Wildman–Crippen MR) is 85.6 cm³/mol. The van der Waals surface area contributed by atoms with Gasteiger partial charge in [-0.3, -0.25) is 0 Å². The van der Waals surface area contributed by atoms with E-state index in [0.29, 0.717) is 5.92 Å². The first-order valence-electron chi connectivity index (χ1n) is 7.29. The largest absolute Gasteiger partial charge is 0.497 e. The van der Waals surface area contributed by atoms with Gasteiger partial charge in [-0.2, -0.15) is 0 Å². The number of ether oxygens (including phenoxy) is 1. The molecule has 106 valence electrons. The van der Waals surface area contributed by atoms with Crippen LogP contribution in [0.3, 0.4) is 0 Å². The van der Waals surface area contributed by atoms with Gasteiger partial charge in [0.1, 0.15) is 5.75 Å². The fraction of sp³-hybridized carbons (Fsp3) is 0.368. The molecule has 0 amide bonds. The van der Waals surface area contributed by atoms with E-state index in [-0.39, 0.29) is 0 Å². The van der Waals surface area contributed by atoms with E-state index in [1.807, 2.05) is 12.1 Å². The van der Waals surface area contributed by atoms with E-state index in [0.717, 1.165) is 12.2 Å². The van der Waals surface area contributed by atoms with Crippen LogP contribution in [0.2, 0.25) is 0 Å². The maximum atomic E-state index is 5.19. The van der Waals surface area contributed by atoms with E-state index >= 15 is 0 Å². The normalized spacial score (nSPS) is 12.2. The summed E-state index contributed by atoms with van der Waals surface area (Å²) in [5.41, 5.74) is 5.55. The van der Waals surface area contributed by atoms with E-state index in [4.69, 9.17) is 4.74 Å². The Labute approximate surface area is 122 Å². The molecule has 0 N–H and O–H groups in total. The van der Waals surface area contributed by atoms with Gasteiger partial charge in [-0.15, -0.1) is 0 Å². The van der Waals surface area contributed by atoms with Gasteiger partial charge >= 0.3 is 0 Å². The zero-order chi connectivity index (χ0) is 14.5. The Hall–Kier alpha value is -1.76. The molecule has 0 saturated heterocycles. The Kier molecular flexibility index (Phi) is 4.84. The van der Waals surface area contributed by atoms with Gasteiger partial charge in [0.05, 0.1) is 7.11 Å². The van der Waals surface area contributed by atoms with Crippen LogP contribution in [0.15, 0.2) is 42.5 Å². The van der Waals surface area contributed by atoms with Crippen LogP contribution in [0.5, 0.6) is 5.75 Å². The van der Waals surface area contributed by atoms with Gasteiger partial charge < -0.3 is 4.74 Å². The molecule has 1 heteroatoms. The Balaban J connectivity index is 1.98. The predicted octanol–water partition coefficient (Wildman–Crippen LogP) is 5.05. The standard InChI is InChI=1S/C19H24O/c1-14-11-15(2)13-18(12-14)16(3)5-6-17-7-9-19(20-4)10-8-17/h7-13,16H,5-6H2,1-4H3/t16-/m0/s1. The summed E-state index contributed by atoms with van der Waals surface area (Å²) in [4.78, 5) is 0. The van der Waals surface area contributed by atoms with Crippen LogP contribution in [0.25, 0.3) is 0 Å². The topological polar surface area (TPSA) is 9.23 Å². The molecule has 0 aliphatic rings. The summed E-state index contributed by atoms with van der Waals surface area (Å²) in [6, 6.07) is 15.3. The highest BCUT2D eigenvalue weighted by Gasteiger charge is 2.07. The van der Waals surface area contributed by atoms with Crippen molar-refractivity contribution in [3.8, 4) is 5.75 Å². The van der Waals surface area contributed by atoms with Crippen molar-refractivity contribution < 1.29 is 4.74 Å². The van der Waals surface area contributed by atoms with Crippen LogP contribution in [0.1, 0.15) is 41.5 Å². The van der Waals surface area contributed by atoms with E-state index in [9.17, 15) is 0 Å². The van der Waals surface area contributed by atoms with Gasteiger partial charge in [-0.05, 0) is 55.9 Å². The minimum Gasteiger partial charge on any atom is -0.497 e. The lowest BCUT2D eigenvalue weighted by molar-refractivity contribution is 0.414. The quantitative estimate of drug-likeness (QED) is 0.737. The lowest BCUT2D eigenvalue weighted by atomic mass is 9.92. The third kappa shape index (κ3) is 3.86. The lowest BCUT2D eigenvalue weighted by Gasteiger charge is -2.14. The van der Waals surface area contributed by atoms with Crippen LogP contribution >= 0.6 is 0 Å². The molecular formula is C19H24O. The summed E-state index contributed by atoms with van der Waals surface area (Å²) >= 11 is 0. The zero-order valence-corrected chi connectivity index (χ0v) is 12.9. The second kappa shape index (κ2) is 6.60. The van der Waals surface area contributed by atoms with Gasteiger partial charge in [-0.25, -0.2) is 0 Å². The van der Waals surface area contributed by atoms with Crippen molar-refractivity contribution in [2.24, 2.45) is 0 Å². The average molecular weight is 268 g/mol. The molecule has 0 aromatic heterocycles. The van der Waals surface area contributed by atoms with Gasteiger partial charge in [0.25, 0.3) is 0 Å². The average Bonchev–Trinajstić information content (AvgIpc) is 2.44. The number of rotatable bonds is 5. The van der Waals surface area contributed by atoms with Crippen molar-refractivity contribution in [2.45, 2.75) is 39.5 Å². The minimum atomic E-state index is 0.593. The molecule has 0 radical (unpaired) electrons. The molecule has 1 atom stereocenters. The van der Waals surface area contributed by atoms with E-state index < -0.39 is 0 Å². The molecule has 2 aromatic rings. The molecule has 0 spiro atoms. The zero-order valence-electron chi connectivity index (χ0n) is 12.9. The van der Waals surface area contributed by atoms with Gasteiger partial charge in [0.2, 0.25) is 0 Å². The lowest BCUT2D eigenvalue weighted by Crippen LogP contribution is -1.98. The highest BCUT2D eigenvalue weighted by atomic mass is 16.5. The van der Waals surface area contributed by atoms with Crippen molar-refractivity contribution in [1.82, 2.24) is 0 Å². The molecule has 0 unspecified atom stereocenters. The molecular weight excluding hydrogens is 244 g/mol. The molecule has 20 heavy (non-hydrogen) atoms. The summed E-state index contributed by atoms with van der Waals surface area (Å²) in [5, 5.41) is 0. The molecule has 0 saturated carbocycles. The number of hydrogen-bond acceptors (Lipinski definition) is 1. The van der Waals surface area contributed by atoms with Crippen molar-refractivity contribution in [1.29, 1.82) is 0 Å². The van der Waals surface area contributed by atoms with Crippen LogP contribution in [-0.2, 0) is 6.42 Å². The summed E-state index contributed by atoms with van der Waals surface area (Å²) in [6.45, 7) is 6.66. The highest BCUT2D eigenvalue weighted by molar-refractivity contribution is 5.31. The fourth-order valence-electron chi connectivity index (χ4n) is 2.64. The van der Waals surface area contributed by atoms with Crippen molar-refractivity contribution in [2.75, 3.05) is 7.11 Å². The Morgan fingerprint density at radius 1 is 0.950 bits per heavy atom. The Morgan fingerprint density at radius 2 is 1.55 bits per heavy atom.